The van der Waals surface area contributed by atoms with Gasteiger partial charge in [0.25, 0.3) is 0 Å². The maximum atomic E-state index is 13.8. The van der Waals surface area contributed by atoms with Gasteiger partial charge in [-0.3, -0.25) is 0 Å². The Morgan fingerprint density at radius 3 is 2.29 bits per heavy atom. The summed E-state index contributed by atoms with van der Waals surface area (Å²) in [5, 5.41) is 0. The first-order valence-corrected chi connectivity index (χ1v) is 6.08. The van der Waals surface area contributed by atoms with E-state index in [1.165, 1.54) is 19.1 Å². The Morgan fingerprint density at radius 1 is 1.00 bits per heavy atom. The van der Waals surface area contributed by atoms with Gasteiger partial charge < -0.3 is 5.73 Å². The highest BCUT2D eigenvalue weighted by atomic mass is 19.4. The number of hydrogen-bond acceptors (Lipinski definition) is 1. The standard InChI is InChI=1S/C15H12F5N/c1-8-5-13(17)11(7-12(8)16)14(21)9-3-2-4-10(6-9)15(18,19)20/h2-7,14H,21H2,1H3. The van der Waals surface area contributed by atoms with Crippen molar-refractivity contribution in [1.82, 2.24) is 0 Å². The molecule has 2 N–H and O–H groups in total. The zero-order valence-electron chi connectivity index (χ0n) is 11.0. The van der Waals surface area contributed by atoms with E-state index in [0.29, 0.717) is 0 Å². The molecule has 1 unspecified atom stereocenters. The molecule has 0 radical (unpaired) electrons. The normalized spacial score (nSPS) is 13.3. The minimum absolute atomic E-state index is 0.0620. The zero-order chi connectivity index (χ0) is 15.8. The van der Waals surface area contributed by atoms with Crippen molar-refractivity contribution in [2.75, 3.05) is 0 Å². The highest BCUT2D eigenvalue weighted by Crippen LogP contribution is 2.32. The van der Waals surface area contributed by atoms with E-state index >= 15 is 0 Å². The number of rotatable bonds is 2. The zero-order valence-corrected chi connectivity index (χ0v) is 11.0. The summed E-state index contributed by atoms with van der Waals surface area (Å²) in [5.41, 5.74) is 4.87. The van der Waals surface area contributed by atoms with E-state index in [0.717, 1.165) is 24.3 Å². The molecule has 21 heavy (non-hydrogen) atoms. The lowest BCUT2D eigenvalue weighted by Crippen LogP contribution is -2.16. The Morgan fingerprint density at radius 2 is 1.67 bits per heavy atom. The first-order chi connectivity index (χ1) is 9.70. The van der Waals surface area contributed by atoms with Crippen molar-refractivity contribution in [2.45, 2.75) is 19.1 Å². The van der Waals surface area contributed by atoms with Gasteiger partial charge in [0.05, 0.1) is 11.6 Å². The number of hydrogen-bond donors (Lipinski definition) is 1. The molecule has 1 nitrogen and oxygen atoms in total. The lowest BCUT2D eigenvalue weighted by Gasteiger charge is -2.16. The van der Waals surface area contributed by atoms with E-state index in [1.54, 1.807) is 0 Å². The van der Waals surface area contributed by atoms with Crippen LogP contribution in [0.1, 0.15) is 28.3 Å². The number of alkyl halides is 3. The van der Waals surface area contributed by atoms with Crippen molar-refractivity contribution < 1.29 is 22.0 Å². The number of aryl methyl sites for hydroxylation is 1. The highest BCUT2D eigenvalue weighted by molar-refractivity contribution is 5.37. The predicted octanol–water partition coefficient (Wildman–Crippen LogP) is 4.34. The SMILES string of the molecule is Cc1cc(F)c(C(N)c2cccc(C(F)(F)F)c2)cc1F. The molecule has 0 aliphatic heterocycles. The van der Waals surface area contributed by atoms with Gasteiger partial charge in [-0.1, -0.05) is 12.1 Å². The lowest BCUT2D eigenvalue weighted by molar-refractivity contribution is -0.137. The van der Waals surface area contributed by atoms with Gasteiger partial charge in [0.1, 0.15) is 11.6 Å². The molecule has 0 saturated heterocycles. The van der Waals surface area contributed by atoms with Crippen LogP contribution in [0.5, 0.6) is 0 Å². The van der Waals surface area contributed by atoms with Gasteiger partial charge in [-0.2, -0.15) is 13.2 Å². The van der Waals surface area contributed by atoms with Crippen molar-refractivity contribution in [1.29, 1.82) is 0 Å². The van der Waals surface area contributed by atoms with Crippen LogP contribution in [0, 0.1) is 18.6 Å². The Bertz CT molecular complexity index is 664. The molecule has 6 heteroatoms. The van der Waals surface area contributed by atoms with E-state index < -0.39 is 29.4 Å². The second-order valence-electron chi connectivity index (χ2n) is 4.72. The quantitative estimate of drug-likeness (QED) is 0.820. The molecule has 0 saturated carbocycles. The fourth-order valence-corrected chi connectivity index (χ4v) is 1.99. The van der Waals surface area contributed by atoms with Crippen LogP contribution in [-0.4, -0.2) is 0 Å². The molecule has 0 aliphatic carbocycles. The van der Waals surface area contributed by atoms with Gasteiger partial charge in [0.15, 0.2) is 0 Å². The van der Waals surface area contributed by atoms with E-state index in [9.17, 15) is 22.0 Å². The molecule has 2 aromatic carbocycles. The average Bonchev–Trinajstić information content (AvgIpc) is 2.41. The first kappa shape index (κ1) is 15.4. The van der Waals surface area contributed by atoms with E-state index in [-0.39, 0.29) is 16.7 Å². The predicted molar refractivity (Wildman–Crippen MR) is 68.6 cm³/mol. The summed E-state index contributed by atoms with van der Waals surface area (Å²) in [7, 11) is 0. The Hall–Kier alpha value is -1.95. The van der Waals surface area contributed by atoms with Crippen molar-refractivity contribution in [2.24, 2.45) is 5.73 Å². The third kappa shape index (κ3) is 3.21. The van der Waals surface area contributed by atoms with E-state index in [1.807, 2.05) is 0 Å². The summed E-state index contributed by atoms with van der Waals surface area (Å²) in [4.78, 5) is 0. The molecule has 112 valence electrons. The van der Waals surface area contributed by atoms with Crippen LogP contribution < -0.4 is 5.73 Å². The summed E-state index contributed by atoms with van der Waals surface area (Å²) in [6.45, 7) is 1.39. The topological polar surface area (TPSA) is 26.0 Å². The number of benzene rings is 2. The van der Waals surface area contributed by atoms with Crippen LogP contribution in [0.2, 0.25) is 0 Å². The lowest BCUT2D eigenvalue weighted by atomic mass is 9.96. The summed E-state index contributed by atoms with van der Waals surface area (Å²) in [6.07, 6.45) is -4.52. The molecule has 0 fully saturated rings. The van der Waals surface area contributed by atoms with Gasteiger partial charge in [-0.05, 0) is 42.3 Å². The van der Waals surface area contributed by atoms with E-state index in [4.69, 9.17) is 5.73 Å². The summed E-state index contributed by atoms with van der Waals surface area (Å²) >= 11 is 0. The highest BCUT2D eigenvalue weighted by Gasteiger charge is 2.31. The minimum atomic E-state index is -4.52. The number of halogens is 5. The van der Waals surface area contributed by atoms with Gasteiger partial charge in [-0.25, -0.2) is 8.78 Å². The largest absolute Gasteiger partial charge is 0.416 e. The molecule has 0 spiro atoms. The molecular weight excluding hydrogens is 289 g/mol. The Kier molecular flexibility index (Phi) is 4.00. The third-order valence-corrected chi connectivity index (χ3v) is 3.19. The molecule has 0 aliphatic rings. The minimum Gasteiger partial charge on any atom is -0.320 e. The first-order valence-electron chi connectivity index (χ1n) is 6.08. The maximum Gasteiger partial charge on any atom is 0.416 e. The maximum absolute atomic E-state index is 13.8. The van der Waals surface area contributed by atoms with Crippen molar-refractivity contribution >= 4 is 0 Å². The average molecular weight is 301 g/mol. The molecular formula is C15H12F5N. The van der Waals surface area contributed by atoms with Crippen molar-refractivity contribution in [3.05, 3.63) is 70.3 Å². The molecule has 2 aromatic rings. The molecule has 1 atom stereocenters. The van der Waals surface area contributed by atoms with Crippen LogP contribution in [0.25, 0.3) is 0 Å². The van der Waals surface area contributed by atoms with Crippen LogP contribution in [0.15, 0.2) is 36.4 Å². The third-order valence-electron chi connectivity index (χ3n) is 3.19. The Balaban J connectivity index is 2.45. The van der Waals surface area contributed by atoms with Gasteiger partial charge >= 0.3 is 6.18 Å². The molecule has 2 rings (SSSR count). The summed E-state index contributed by atoms with van der Waals surface area (Å²) in [5.74, 6) is -1.41. The summed E-state index contributed by atoms with van der Waals surface area (Å²) in [6, 6.07) is 4.96. The van der Waals surface area contributed by atoms with Crippen molar-refractivity contribution in [3.63, 3.8) is 0 Å². The Labute approximate surface area is 118 Å². The summed E-state index contributed by atoms with van der Waals surface area (Å²) < 4.78 is 65.3. The molecule has 0 bridgehead atoms. The molecule has 0 aromatic heterocycles. The fraction of sp³-hybridized carbons (Fsp3) is 0.200. The molecule has 0 amide bonds. The monoisotopic (exact) mass is 301 g/mol. The van der Waals surface area contributed by atoms with Gasteiger partial charge in [-0.15, -0.1) is 0 Å². The van der Waals surface area contributed by atoms with Gasteiger partial charge in [0.2, 0.25) is 0 Å². The van der Waals surface area contributed by atoms with Gasteiger partial charge in [0, 0.05) is 5.56 Å². The van der Waals surface area contributed by atoms with E-state index in [2.05, 4.69) is 0 Å². The smallest absolute Gasteiger partial charge is 0.320 e. The fourth-order valence-electron chi connectivity index (χ4n) is 1.99. The van der Waals surface area contributed by atoms with Crippen molar-refractivity contribution in [3.8, 4) is 0 Å². The van der Waals surface area contributed by atoms with Crippen LogP contribution in [0.4, 0.5) is 22.0 Å². The molecule has 0 heterocycles. The second kappa shape index (κ2) is 5.44. The van der Waals surface area contributed by atoms with Crippen LogP contribution in [0.3, 0.4) is 0 Å². The van der Waals surface area contributed by atoms with Crippen LogP contribution in [-0.2, 0) is 6.18 Å². The second-order valence-corrected chi connectivity index (χ2v) is 4.72. The van der Waals surface area contributed by atoms with Crippen LogP contribution >= 0.6 is 0 Å². The number of nitrogens with two attached hydrogens (primary N) is 1.